The zero-order valence-electron chi connectivity index (χ0n) is 6.31. The second kappa shape index (κ2) is 4.12. The summed E-state index contributed by atoms with van der Waals surface area (Å²) in [6.45, 7) is 0. The predicted molar refractivity (Wildman–Crippen MR) is 42.6 cm³/mol. The van der Waals surface area contributed by atoms with Crippen LogP contribution in [0.15, 0.2) is 41.5 Å². The van der Waals surface area contributed by atoms with E-state index in [1.54, 1.807) is 12.1 Å². The van der Waals surface area contributed by atoms with Gasteiger partial charge in [-0.3, -0.25) is 9.78 Å². The van der Waals surface area contributed by atoms with Gasteiger partial charge in [-0.05, 0) is 12.1 Å². The van der Waals surface area contributed by atoms with Crippen LogP contribution in [0.25, 0.3) is 0 Å². The molecule has 1 aromatic rings. The van der Waals surface area contributed by atoms with E-state index in [0.29, 0.717) is 0 Å². The third kappa shape index (κ3) is 2.42. The van der Waals surface area contributed by atoms with Gasteiger partial charge in [0.2, 0.25) is 0 Å². The lowest BCUT2D eigenvalue weighted by molar-refractivity contribution is 0.0998. The number of hydrogen-bond donors (Lipinski definition) is 1. The molecule has 0 radical (unpaired) electrons. The molecule has 0 saturated carbocycles. The molecule has 0 aliphatic rings. The summed E-state index contributed by atoms with van der Waals surface area (Å²) in [4.78, 5) is 14.5. The number of aromatic nitrogens is 1. The van der Waals surface area contributed by atoms with E-state index in [4.69, 9.17) is 10.2 Å². The molecule has 4 nitrogen and oxygen atoms in total. The Balaban J connectivity index is 3.19. The van der Waals surface area contributed by atoms with Gasteiger partial charge in [0.1, 0.15) is 6.26 Å². The minimum absolute atomic E-state index is 0.228. The molecule has 0 atom stereocenters. The van der Waals surface area contributed by atoms with Gasteiger partial charge in [0.05, 0.1) is 11.8 Å². The molecule has 0 aliphatic heterocycles. The topological polar surface area (TPSA) is 69.1 Å². The first kappa shape index (κ1) is 8.26. The van der Waals surface area contributed by atoms with Crippen LogP contribution in [-0.2, 0) is 0 Å². The molecular formula is C8H8N2O2. The van der Waals surface area contributed by atoms with Crippen LogP contribution in [0.5, 0.6) is 0 Å². The molecule has 0 aliphatic carbocycles. The predicted octanol–water partition coefficient (Wildman–Crippen LogP) is 0.898. The van der Waals surface area contributed by atoms with Crippen LogP contribution >= 0.6 is 0 Å². The van der Waals surface area contributed by atoms with Crippen molar-refractivity contribution < 1.29 is 9.21 Å². The highest BCUT2D eigenvalue weighted by atomic mass is 16.3. The van der Waals surface area contributed by atoms with Gasteiger partial charge in [0.25, 0.3) is 5.91 Å². The SMILES string of the molecule is NC(=O)c1cnccccoc1. The summed E-state index contributed by atoms with van der Waals surface area (Å²) in [5.74, 6) is -0.567. The highest BCUT2D eigenvalue weighted by Gasteiger charge is 1.95. The lowest BCUT2D eigenvalue weighted by Crippen LogP contribution is -2.09. The number of nitrogens with two attached hydrogens (primary N) is 1. The summed E-state index contributed by atoms with van der Waals surface area (Å²) in [5, 5.41) is 0. The Morgan fingerprint density at radius 2 is 2.33 bits per heavy atom. The monoisotopic (exact) mass is 164 g/mol. The minimum atomic E-state index is -0.567. The van der Waals surface area contributed by atoms with Gasteiger partial charge in [-0.25, -0.2) is 0 Å². The van der Waals surface area contributed by atoms with Gasteiger partial charge >= 0.3 is 0 Å². The molecule has 12 heavy (non-hydrogen) atoms. The average molecular weight is 164 g/mol. The van der Waals surface area contributed by atoms with Gasteiger partial charge in [0.15, 0.2) is 0 Å². The maximum Gasteiger partial charge on any atom is 0.253 e. The fourth-order valence-corrected chi connectivity index (χ4v) is 0.578. The van der Waals surface area contributed by atoms with Crippen LogP contribution in [0.3, 0.4) is 0 Å². The average Bonchev–Trinajstić information content (AvgIpc) is 2.15. The first-order valence-electron chi connectivity index (χ1n) is 3.31. The molecule has 1 rings (SSSR count). The Labute approximate surface area is 69.4 Å². The van der Waals surface area contributed by atoms with E-state index in [2.05, 4.69) is 4.98 Å². The van der Waals surface area contributed by atoms with Crippen LogP contribution in [0.2, 0.25) is 0 Å². The smallest absolute Gasteiger partial charge is 0.253 e. The highest BCUT2D eigenvalue weighted by Crippen LogP contribution is 1.90. The molecule has 0 fully saturated rings. The molecule has 0 saturated heterocycles. The number of hydrogen-bond acceptors (Lipinski definition) is 3. The number of primary amides is 1. The summed E-state index contributed by atoms with van der Waals surface area (Å²) >= 11 is 0. The van der Waals surface area contributed by atoms with Crippen molar-refractivity contribution in [1.29, 1.82) is 0 Å². The van der Waals surface area contributed by atoms with Crippen LogP contribution in [-0.4, -0.2) is 10.9 Å². The summed E-state index contributed by atoms with van der Waals surface area (Å²) in [6, 6.07) is 3.33. The Bertz CT molecular complexity index is 294. The first-order valence-corrected chi connectivity index (χ1v) is 3.31. The van der Waals surface area contributed by atoms with E-state index in [0.717, 1.165) is 0 Å². The highest BCUT2D eigenvalue weighted by molar-refractivity contribution is 5.91. The van der Waals surface area contributed by atoms with Gasteiger partial charge < -0.3 is 10.2 Å². The summed E-state index contributed by atoms with van der Waals surface area (Å²) in [7, 11) is 0. The quantitative estimate of drug-likeness (QED) is 0.670. The van der Waals surface area contributed by atoms with E-state index in [9.17, 15) is 4.79 Å². The van der Waals surface area contributed by atoms with Crippen molar-refractivity contribution in [1.82, 2.24) is 4.98 Å². The van der Waals surface area contributed by atoms with Crippen molar-refractivity contribution >= 4 is 5.91 Å². The van der Waals surface area contributed by atoms with Crippen molar-refractivity contribution in [3.8, 4) is 0 Å². The fraction of sp³-hybridized carbons (Fsp3) is 0. The summed E-state index contributed by atoms with van der Waals surface area (Å²) in [5.41, 5.74) is 5.24. The largest absolute Gasteiger partial charge is 0.472 e. The molecule has 1 heterocycles. The van der Waals surface area contributed by atoms with E-state index in [1.165, 1.54) is 24.9 Å². The molecule has 4 heteroatoms. The molecule has 2 N–H and O–H groups in total. The standard InChI is InChI=1S/C8H8N2O2/c9-8(11)7-5-10-3-1-2-4-12-6-7/h1-6H,(H2,9,11). The summed E-state index contributed by atoms with van der Waals surface area (Å²) < 4.78 is 4.84. The fourth-order valence-electron chi connectivity index (χ4n) is 0.578. The van der Waals surface area contributed by atoms with Gasteiger partial charge in [-0.2, -0.15) is 0 Å². The van der Waals surface area contributed by atoms with E-state index in [1.807, 2.05) is 0 Å². The number of rotatable bonds is 1. The molecule has 0 bridgehead atoms. The Hall–Kier alpha value is -1.84. The van der Waals surface area contributed by atoms with Crippen LogP contribution in [0.1, 0.15) is 10.4 Å². The second-order valence-electron chi connectivity index (χ2n) is 2.02. The molecule has 1 amide bonds. The zero-order valence-corrected chi connectivity index (χ0v) is 6.31. The van der Waals surface area contributed by atoms with Gasteiger partial charge in [-0.1, -0.05) is 0 Å². The van der Waals surface area contributed by atoms with Crippen molar-refractivity contribution in [3.63, 3.8) is 0 Å². The number of nitrogens with zero attached hydrogens (tertiary/aromatic N) is 1. The minimum Gasteiger partial charge on any atom is -0.472 e. The van der Waals surface area contributed by atoms with Crippen molar-refractivity contribution in [2.75, 3.05) is 0 Å². The Morgan fingerprint density at radius 1 is 1.50 bits per heavy atom. The Kier molecular flexibility index (Phi) is 2.84. The third-order valence-corrected chi connectivity index (χ3v) is 1.13. The third-order valence-electron chi connectivity index (χ3n) is 1.13. The van der Waals surface area contributed by atoms with Gasteiger partial charge in [-0.15, -0.1) is 0 Å². The van der Waals surface area contributed by atoms with Crippen LogP contribution < -0.4 is 5.73 Å². The van der Waals surface area contributed by atoms with Crippen molar-refractivity contribution in [3.05, 3.63) is 42.6 Å². The molecule has 0 unspecified atom stereocenters. The van der Waals surface area contributed by atoms with E-state index in [-0.39, 0.29) is 5.56 Å². The second-order valence-corrected chi connectivity index (χ2v) is 2.02. The van der Waals surface area contributed by atoms with Crippen LogP contribution in [0.4, 0.5) is 0 Å². The molecular weight excluding hydrogens is 156 g/mol. The maximum absolute atomic E-state index is 10.7. The molecule has 62 valence electrons. The van der Waals surface area contributed by atoms with Crippen LogP contribution in [0, 0.1) is 0 Å². The normalized spacial score (nSPS) is 8.67. The number of carbonyl (C=O) groups excluding carboxylic acids is 1. The summed E-state index contributed by atoms with van der Waals surface area (Å²) in [6.07, 6.45) is 5.54. The first-order chi connectivity index (χ1) is 5.80. The van der Waals surface area contributed by atoms with Crippen molar-refractivity contribution in [2.45, 2.75) is 0 Å². The lowest BCUT2D eigenvalue weighted by Gasteiger charge is -1.84. The molecule has 0 spiro atoms. The maximum atomic E-state index is 10.7. The zero-order chi connectivity index (χ0) is 8.81. The number of amides is 1. The lowest BCUT2D eigenvalue weighted by atomic mass is 10.3. The molecule has 0 aromatic carbocycles. The Morgan fingerprint density at radius 3 is 3.08 bits per heavy atom. The number of carbonyl (C=O) groups is 1. The van der Waals surface area contributed by atoms with Gasteiger partial charge in [0, 0.05) is 12.4 Å². The van der Waals surface area contributed by atoms with E-state index < -0.39 is 5.91 Å². The van der Waals surface area contributed by atoms with Crippen molar-refractivity contribution in [2.24, 2.45) is 5.73 Å². The van der Waals surface area contributed by atoms with E-state index >= 15 is 0 Å². The molecule has 1 aromatic heterocycles.